The second-order valence-electron chi connectivity index (χ2n) is 7.74. The number of alkyl halides is 6. The number of carbonyl (C=O) groups is 2. The Bertz CT molecular complexity index is 1120. The number of anilines is 2. The van der Waals surface area contributed by atoms with Gasteiger partial charge >= 0.3 is 12.4 Å². The summed E-state index contributed by atoms with van der Waals surface area (Å²) in [5.41, 5.74) is -1.62. The van der Waals surface area contributed by atoms with Gasteiger partial charge in [-0.05, 0) is 48.4 Å². The first-order valence-electron chi connectivity index (χ1n) is 9.92. The van der Waals surface area contributed by atoms with Crippen LogP contribution in [0.25, 0.3) is 0 Å². The molecule has 6 nitrogen and oxygen atoms in total. The summed E-state index contributed by atoms with van der Waals surface area (Å²) >= 11 is 0. The van der Waals surface area contributed by atoms with E-state index in [2.05, 4.69) is 16.0 Å². The molecule has 2 amide bonds. The third kappa shape index (κ3) is 5.66. The maximum Gasteiger partial charge on any atom is 0.417 e. The minimum atomic E-state index is -4.93. The fourth-order valence-electron chi connectivity index (χ4n) is 3.82. The third-order valence-electron chi connectivity index (χ3n) is 5.31. The van der Waals surface area contributed by atoms with Gasteiger partial charge in [0.1, 0.15) is 6.04 Å². The van der Waals surface area contributed by atoms with Gasteiger partial charge in [-0.1, -0.05) is 6.07 Å². The molecule has 1 fully saturated rings. The number of rotatable bonds is 4. The van der Waals surface area contributed by atoms with Crippen LogP contribution in [0.1, 0.15) is 36.0 Å². The Morgan fingerprint density at radius 1 is 1.00 bits per heavy atom. The first-order valence-corrected chi connectivity index (χ1v) is 9.92. The van der Waals surface area contributed by atoms with Gasteiger partial charge in [0.25, 0.3) is 0 Å². The van der Waals surface area contributed by atoms with Crippen LogP contribution >= 0.6 is 0 Å². The van der Waals surface area contributed by atoms with Crippen LogP contribution in [0, 0.1) is 11.3 Å². The van der Waals surface area contributed by atoms with Crippen molar-refractivity contribution in [2.24, 2.45) is 0 Å². The van der Waals surface area contributed by atoms with Crippen LogP contribution in [0.4, 0.5) is 37.7 Å². The van der Waals surface area contributed by atoms with Gasteiger partial charge in [-0.15, -0.1) is 0 Å². The zero-order valence-electron chi connectivity index (χ0n) is 17.5. The normalized spacial score (nSPS) is 20.5. The lowest BCUT2D eigenvalue weighted by Gasteiger charge is -2.23. The zero-order valence-corrected chi connectivity index (χ0v) is 17.5. The summed E-state index contributed by atoms with van der Waals surface area (Å²) in [5, 5.41) is 16.1. The summed E-state index contributed by atoms with van der Waals surface area (Å²) in [6, 6.07) is 6.03. The van der Waals surface area contributed by atoms with E-state index >= 15 is 0 Å². The molecule has 0 radical (unpaired) electrons. The monoisotopic (exact) mass is 484 g/mol. The van der Waals surface area contributed by atoms with Crippen molar-refractivity contribution in [2.75, 3.05) is 10.6 Å². The van der Waals surface area contributed by atoms with Gasteiger partial charge in [-0.25, -0.2) is 0 Å². The van der Waals surface area contributed by atoms with Gasteiger partial charge in [-0.3, -0.25) is 14.9 Å². The molecule has 0 aliphatic carbocycles. The summed E-state index contributed by atoms with van der Waals surface area (Å²) in [6.07, 6.45) is -10.2. The van der Waals surface area contributed by atoms with Crippen molar-refractivity contribution in [3.8, 4) is 6.07 Å². The molecule has 2 aromatic carbocycles. The fraction of sp³-hybridized carbons (Fsp3) is 0.318. The Kier molecular flexibility index (Phi) is 6.88. The molecule has 1 aliphatic heterocycles. The predicted octanol–water partition coefficient (Wildman–Crippen LogP) is 4.55. The molecule has 1 saturated heterocycles. The molecule has 180 valence electrons. The summed E-state index contributed by atoms with van der Waals surface area (Å²) in [5.74, 6) is -2.59. The van der Waals surface area contributed by atoms with E-state index in [1.54, 1.807) is 0 Å². The van der Waals surface area contributed by atoms with Gasteiger partial charge in [0.05, 0.1) is 23.2 Å². The molecular weight excluding hydrogens is 466 g/mol. The van der Waals surface area contributed by atoms with Crippen molar-refractivity contribution in [1.82, 2.24) is 5.32 Å². The van der Waals surface area contributed by atoms with Crippen LogP contribution < -0.4 is 16.0 Å². The molecule has 2 aromatic rings. The van der Waals surface area contributed by atoms with E-state index in [0.29, 0.717) is 11.8 Å². The number of nitriles is 1. The van der Waals surface area contributed by atoms with E-state index in [1.807, 2.05) is 0 Å². The van der Waals surface area contributed by atoms with Crippen molar-refractivity contribution >= 4 is 23.2 Å². The van der Waals surface area contributed by atoms with Gasteiger partial charge in [0.15, 0.2) is 0 Å². The maximum absolute atomic E-state index is 13.7. The van der Waals surface area contributed by atoms with Crippen LogP contribution in [-0.4, -0.2) is 30.1 Å². The molecule has 1 unspecified atom stereocenters. The van der Waals surface area contributed by atoms with E-state index in [1.165, 1.54) is 37.3 Å². The molecule has 34 heavy (non-hydrogen) atoms. The van der Waals surface area contributed by atoms with Crippen molar-refractivity contribution in [3.05, 3.63) is 59.2 Å². The van der Waals surface area contributed by atoms with E-state index in [4.69, 9.17) is 5.26 Å². The Morgan fingerprint density at radius 3 is 2.09 bits per heavy atom. The molecule has 1 heterocycles. The molecule has 3 N–H and O–H groups in total. The lowest BCUT2D eigenvalue weighted by molar-refractivity contribution is -0.156. The smallest absolute Gasteiger partial charge is 0.326 e. The van der Waals surface area contributed by atoms with E-state index < -0.39 is 53.8 Å². The minimum Gasteiger partial charge on any atom is -0.326 e. The van der Waals surface area contributed by atoms with Crippen molar-refractivity contribution in [2.45, 2.75) is 43.7 Å². The second kappa shape index (κ2) is 9.34. The SMILES string of the molecule is CC(=O)Nc1ccc(NC(=O)[C@@H]2CC(c3ccc(C#N)c(C(F)(F)F)c3)[C@H](C(F)(F)F)N2)cc1. The van der Waals surface area contributed by atoms with E-state index in [0.717, 1.165) is 12.1 Å². The van der Waals surface area contributed by atoms with E-state index in [-0.39, 0.29) is 17.2 Å². The molecule has 12 heteroatoms. The summed E-state index contributed by atoms with van der Waals surface area (Å²) < 4.78 is 81.0. The van der Waals surface area contributed by atoms with E-state index in [9.17, 15) is 35.9 Å². The molecule has 0 aromatic heterocycles. The summed E-state index contributed by atoms with van der Waals surface area (Å²) in [6.45, 7) is 1.31. The summed E-state index contributed by atoms with van der Waals surface area (Å²) in [7, 11) is 0. The first kappa shape index (κ1) is 25.0. The number of nitrogens with one attached hydrogen (secondary N) is 3. The second-order valence-corrected chi connectivity index (χ2v) is 7.74. The lowest BCUT2D eigenvalue weighted by Crippen LogP contribution is -2.46. The number of nitrogens with zero attached hydrogens (tertiary/aromatic N) is 1. The average molecular weight is 484 g/mol. The quantitative estimate of drug-likeness (QED) is 0.555. The number of benzene rings is 2. The largest absolute Gasteiger partial charge is 0.417 e. The van der Waals surface area contributed by atoms with Crippen molar-refractivity contribution in [1.29, 1.82) is 5.26 Å². The number of halogens is 6. The Hall–Kier alpha value is -3.59. The van der Waals surface area contributed by atoms with Crippen LogP contribution in [0.15, 0.2) is 42.5 Å². The van der Waals surface area contributed by atoms with Gasteiger partial charge in [-0.2, -0.15) is 31.6 Å². The van der Waals surface area contributed by atoms with Crippen molar-refractivity contribution < 1.29 is 35.9 Å². The average Bonchev–Trinajstić information content (AvgIpc) is 3.20. The third-order valence-corrected chi connectivity index (χ3v) is 5.31. The zero-order chi connectivity index (χ0) is 25.3. The van der Waals surface area contributed by atoms with Gasteiger partial charge in [0, 0.05) is 24.2 Å². The minimum absolute atomic E-state index is 0.255. The molecule has 0 bridgehead atoms. The van der Waals surface area contributed by atoms with Crippen LogP contribution in [0.3, 0.4) is 0 Å². The molecule has 0 saturated carbocycles. The number of carbonyl (C=O) groups excluding carboxylic acids is 2. The first-order chi connectivity index (χ1) is 15.8. The van der Waals surface area contributed by atoms with Crippen LogP contribution in [0.5, 0.6) is 0 Å². The van der Waals surface area contributed by atoms with Crippen LogP contribution in [0.2, 0.25) is 0 Å². The van der Waals surface area contributed by atoms with Crippen molar-refractivity contribution in [3.63, 3.8) is 0 Å². The highest BCUT2D eigenvalue weighted by Crippen LogP contribution is 2.42. The molecule has 3 rings (SSSR count). The maximum atomic E-state index is 13.7. The summed E-state index contributed by atoms with van der Waals surface area (Å²) in [4.78, 5) is 23.7. The standard InChI is InChI=1S/C22H18F6N4O2/c1-11(33)30-14-4-6-15(7-5-14)31-20(34)18-9-16(19(32-18)22(26,27)28)12-2-3-13(10-29)17(8-12)21(23,24)25/h2-8,16,18-19,32H,9H2,1H3,(H,30,33)(H,31,34)/t16?,18-,19+/m0/s1. The predicted molar refractivity (Wildman–Crippen MR) is 110 cm³/mol. The Morgan fingerprint density at radius 2 is 1.59 bits per heavy atom. The Balaban J connectivity index is 1.83. The molecule has 3 atom stereocenters. The number of hydrogen-bond donors (Lipinski definition) is 3. The molecule has 0 spiro atoms. The highest BCUT2D eigenvalue weighted by atomic mass is 19.4. The van der Waals surface area contributed by atoms with Gasteiger partial charge in [0.2, 0.25) is 11.8 Å². The highest BCUT2D eigenvalue weighted by molar-refractivity contribution is 5.95. The van der Waals surface area contributed by atoms with Crippen LogP contribution in [-0.2, 0) is 15.8 Å². The topological polar surface area (TPSA) is 94.0 Å². The Labute approximate surface area is 189 Å². The highest BCUT2D eigenvalue weighted by Gasteiger charge is 2.52. The molecule has 1 aliphatic rings. The van der Waals surface area contributed by atoms with Gasteiger partial charge < -0.3 is 10.6 Å². The fourth-order valence-corrected chi connectivity index (χ4v) is 3.82. The lowest BCUT2D eigenvalue weighted by atomic mass is 9.88. The number of amides is 2. The number of hydrogen-bond acceptors (Lipinski definition) is 4. The molecular formula is C22H18F6N4O2.